The van der Waals surface area contributed by atoms with Crippen molar-refractivity contribution in [3.8, 4) is 0 Å². The number of amides is 1. The average Bonchev–Trinajstić information content (AvgIpc) is 2.29. The van der Waals surface area contributed by atoms with Crippen LogP contribution < -0.4 is 10.6 Å². The van der Waals surface area contributed by atoms with Gasteiger partial charge in [-0.1, -0.05) is 0 Å². The first-order valence-corrected chi connectivity index (χ1v) is 5.45. The van der Waals surface area contributed by atoms with Gasteiger partial charge in [0.05, 0.1) is 6.61 Å². The highest BCUT2D eigenvalue weighted by atomic mass is 16.5. The van der Waals surface area contributed by atoms with Crippen molar-refractivity contribution in [1.82, 2.24) is 0 Å². The molecule has 0 aliphatic carbocycles. The van der Waals surface area contributed by atoms with Gasteiger partial charge in [-0.3, -0.25) is 4.79 Å². The zero-order valence-electron chi connectivity index (χ0n) is 9.38. The van der Waals surface area contributed by atoms with E-state index in [2.05, 4.69) is 16.7 Å². The van der Waals surface area contributed by atoms with Crippen LogP contribution in [0.3, 0.4) is 0 Å². The Kier molecular flexibility index (Phi) is 3.41. The molecule has 0 saturated carbocycles. The lowest BCUT2D eigenvalue weighted by Gasteiger charge is -2.18. The molecule has 0 unspecified atom stereocenters. The van der Waals surface area contributed by atoms with Crippen LogP contribution in [0, 0.1) is 0 Å². The van der Waals surface area contributed by atoms with Crippen LogP contribution in [0.25, 0.3) is 0 Å². The maximum Gasteiger partial charge on any atom is 0.224 e. The van der Waals surface area contributed by atoms with Crippen molar-refractivity contribution in [3.63, 3.8) is 0 Å². The van der Waals surface area contributed by atoms with Gasteiger partial charge >= 0.3 is 0 Å². The number of carbonyl (C=O) groups is 1. The second-order valence-corrected chi connectivity index (χ2v) is 3.84. The number of hydrogen-bond acceptors (Lipinski definition) is 3. The summed E-state index contributed by atoms with van der Waals surface area (Å²) in [4.78, 5) is 11.2. The summed E-state index contributed by atoms with van der Waals surface area (Å²) in [6.45, 7) is 1.48. The van der Waals surface area contributed by atoms with Crippen molar-refractivity contribution in [2.75, 3.05) is 30.9 Å². The number of anilines is 2. The van der Waals surface area contributed by atoms with Gasteiger partial charge < -0.3 is 15.4 Å². The highest BCUT2D eigenvalue weighted by Crippen LogP contribution is 2.25. The average molecular weight is 220 g/mol. The minimum absolute atomic E-state index is 0.104. The third-order valence-electron chi connectivity index (χ3n) is 2.64. The Bertz CT molecular complexity index is 391. The van der Waals surface area contributed by atoms with Gasteiger partial charge in [-0.15, -0.1) is 0 Å². The molecule has 0 fully saturated rings. The van der Waals surface area contributed by atoms with Crippen LogP contribution in [0.5, 0.6) is 0 Å². The Balaban J connectivity index is 2.04. The van der Waals surface area contributed by atoms with Gasteiger partial charge in [0.1, 0.15) is 0 Å². The summed E-state index contributed by atoms with van der Waals surface area (Å²) in [5, 5.41) is 6.13. The number of benzene rings is 1. The van der Waals surface area contributed by atoms with E-state index in [4.69, 9.17) is 4.74 Å². The number of aryl methyl sites for hydroxylation is 1. The topological polar surface area (TPSA) is 50.4 Å². The van der Waals surface area contributed by atoms with E-state index >= 15 is 0 Å². The first-order chi connectivity index (χ1) is 7.79. The lowest BCUT2D eigenvalue weighted by atomic mass is 10.0. The van der Waals surface area contributed by atoms with Crippen LogP contribution in [0.4, 0.5) is 11.4 Å². The van der Waals surface area contributed by atoms with Gasteiger partial charge in [0, 0.05) is 31.5 Å². The number of fused-ring (bicyclic) bond motifs is 1. The normalized spacial score (nSPS) is 14.2. The monoisotopic (exact) mass is 220 g/mol. The molecule has 1 aliphatic heterocycles. The highest BCUT2D eigenvalue weighted by Gasteiger charge is 2.14. The summed E-state index contributed by atoms with van der Waals surface area (Å²) in [6.07, 6.45) is 1.40. The minimum Gasteiger partial charge on any atom is -0.383 e. The fourth-order valence-electron chi connectivity index (χ4n) is 1.79. The van der Waals surface area contributed by atoms with Gasteiger partial charge in [-0.2, -0.15) is 0 Å². The Morgan fingerprint density at radius 1 is 1.44 bits per heavy atom. The molecule has 0 saturated heterocycles. The summed E-state index contributed by atoms with van der Waals surface area (Å²) < 4.78 is 4.97. The molecule has 1 aromatic carbocycles. The molecule has 0 spiro atoms. The van der Waals surface area contributed by atoms with E-state index in [1.165, 1.54) is 5.56 Å². The van der Waals surface area contributed by atoms with Crippen molar-refractivity contribution in [2.45, 2.75) is 12.8 Å². The summed E-state index contributed by atoms with van der Waals surface area (Å²) in [7, 11) is 1.68. The molecule has 4 heteroatoms. The number of methoxy groups -OCH3 is 1. The van der Waals surface area contributed by atoms with E-state index in [0.717, 1.165) is 24.3 Å². The molecule has 4 nitrogen and oxygen atoms in total. The summed E-state index contributed by atoms with van der Waals surface area (Å²) in [6, 6.07) is 6.01. The first kappa shape index (κ1) is 11.0. The van der Waals surface area contributed by atoms with E-state index in [-0.39, 0.29) is 5.91 Å². The molecule has 2 N–H and O–H groups in total. The van der Waals surface area contributed by atoms with Crippen LogP contribution >= 0.6 is 0 Å². The van der Waals surface area contributed by atoms with Crippen molar-refractivity contribution in [2.24, 2.45) is 0 Å². The quantitative estimate of drug-likeness (QED) is 0.758. The van der Waals surface area contributed by atoms with E-state index in [1.54, 1.807) is 7.11 Å². The van der Waals surface area contributed by atoms with Crippen molar-refractivity contribution in [3.05, 3.63) is 23.8 Å². The molecule has 0 atom stereocenters. The number of rotatable bonds is 4. The van der Waals surface area contributed by atoms with Gasteiger partial charge in [-0.25, -0.2) is 0 Å². The molecule has 16 heavy (non-hydrogen) atoms. The van der Waals surface area contributed by atoms with E-state index in [9.17, 15) is 4.79 Å². The first-order valence-electron chi connectivity index (χ1n) is 5.45. The van der Waals surface area contributed by atoms with Crippen molar-refractivity contribution in [1.29, 1.82) is 0 Å². The molecule has 1 amide bonds. The second kappa shape index (κ2) is 4.99. The number of ether oxygens (including phenoxy) is 1. The molecular weight excluding hydrogens is 204 g/mol. The van der Waals surface area contributed by atoms with E-state index in [1.807, 2.05) is 12.1 Å². The Labute approximate surface area is 95.0 Å². The standard InChI is InChI=1S/C12H16N2O2/c1-16-7-6-13-10-3-4-11-9(8-10)2-5-12(15)14-11/h3-4,8,13H,2,5-7H2,1H3,(H,14,15). The minimum atomic E-state index is 0.104. The maximum absolute atomic E-state index is 11.2. The van der Waals surface area contributed by atoms with Gasteiger partial charge in [0.2, 0.25) is 5.91 Å². The smallest absolute Gasteiger partial charge is 0.224 e. The van der Waals surface area contributed by atoms with Gasteiger partial charge in [0.15, 0.2) is 0 Å². The number of nitrogens with one attached hydrogen (secondary N) is 2. The molecular formula is C12H16N2O2. The molecule has 0 bridgehead atoms. The molecule has 1 heterocycles. The molecule has 2 rings (SSSR count). The van der Waals surface area contributed by atoms with Crippen molar-refractivity contribution < 1.29 is 9.53 Å². The summed E-state index contributed by atoms with van der Waals surface area (Å²) >= 11 is 0. The predicted molar refractivity (Wildman–Crippen MR) is 63.8 cm³/mol. The summed E-state index contributed by atoms with van der Waals surface area (Å²) in [5.74, 6) is 0.104. The SMILES string of the molecule is COCCNc1ccc2c(c1)CCC(=O)N2. The second-order valence-electron chi connectivity index (χ2n) is 3.84. The van der Waals surface area contributed by atoms with Crippen LogP contribution in [-0.2, 0) is 16.0 Å². The largest absolute Gasteiger partial charge is 0.383 e. The van der Waals surface area contributed by atoms with Gasteiger partial charge in [-0.05, 0) is 30.2 Å². The zero-order valence-corrected chi connectivity index (χ0v) is 9.38. The molecule has 1 aromatic rings. The lowest BCUT2D eigenvalue weighted by molar-refractivity contribution is -0.116. The third-order valence-corrected chi connectivity index (χ3v) is 2.64. The Morgan fingerprint density at radius 3 is 3.12 bits per heavy atom. The van der Waals surface area contributed by atoms with Gasteiger partial charge in [0.25, 0.3) is 0 Å². The molecule has 86 valence electrons. The molecule has 0 radical (unpaired) electrons. The maximum atomic E-state index is 11.2. The number of carbonyl (C=O) groups excluding carboxylic acids is 1. The van der Waals surface area contributed by atoms with E-state index < -0.39 is 0 Å². The van der Waals surface area contributed by atoms with Crippen LogP contribution in [0.15, 0.2) is 18.2 Å². The Hall–Kier alpha value is -1.55. The highest BCUT2D eigenvalue weighted by molar-refractivity contribution is 5.94. The third kappa shape index (κ3) is 2.52. The fraction of sp³-hybridized carbons (Fsp3) is 0.417. The Morgan fingerprint density at radius 2 is 2.31 bits per heavy atom. The number of hydrogen-bond donors (Lipinski definition) is 2. The fourth-order valence-corrected chi connectivity index (χ4v) is 1.79. The lowest BCUT2D eigenvalue weighted by Crippen LogP contribution is -2.19. The van der Waals surface area contributed by atoms with Crippen LogP contribution in [-0.4, -0.2) is 26.2 Å². The predicted octanol–water partition coefficient (Wildman–Crippen LogP) is 1.63. The summed E-state index contributed by atoms with van der Waals surface area (Å²) in [5.41, 5.74) is 3.21. The van der Waals surface area contributed by atoms with Crippen LogP contribution in [0.2, 0.25) is 0 Å². The molecule has 1 aliphatic rings. The molecule has 0 aromatic heterocycles. The van der Waals surface area contributed by atoms with E-state index in [0.29, 0.717) is 13.0 Å². The van der Waals surface area contributed by atoms with Crippen molar-refractivity contribution >= 4 is 17.3 Å². The zero-order chi connectivity index (χ0) is 11.4. The van der Waals surface area contributed by atoms with Crippen LogP contribution in [0.1, 0.15) is 12.0 Å².